The summed E-state index contributed by atoms with van der Waals surface area (Å²) in [6.45, 7) is 6.29. The summed E-state index contributed by atoms with van der Waals surface area (Å²) in [7, 11) is 0. The van der Waals surface area contributed by atoms with Gasteiger partial charge < -0.3 is 4.98 Å². The lowest BCUT2D eigenvalue weighted by atomic mass is 9.92. The van der Waals surface area contributed by atoms with E-state index in [0.29, 0.717) is 22.4 Å². The van der Waals surface area contributed by atoms with Gasteiger partial charge in [-0.3, -0.25) is 0 Å². The smallest absolute Gasteiger partial charge is 0.130 e. The predicted molar refractivity (Wildman–Crippen MR) is 77.3 cm³/mol. The van der Waals surface area contributed by atoms with Gasteiger partial charge in [0.1, 0.15) is 16.3 Å². The Hall–Kier alpha value is -1.55. The van der Waals surface area contributed by atoms with Gasteiger partial charge in [0.15, 0.2) is 0 Å². The van der Waals surface area contributed by atoms with Gasteiger partial charge in [-0.15, -0.1) is 0 Å². The number of H-pyrrole nitrogens is 1. The summed E-state index contributed by atoms with van der Waals surface area (Å²) in [5.74, 6) is 0.479. The highest BCUT2D eigenvalue weighted by molar-refractivity contribution is 7.71. The zero-order valence-electron chi connectivity index (χ0n) is 11.3. The molecule has 1 heterocycles. The predicted octanol–water partition coefficient (Wildman–Crippen LogP) is 4.17. The average Bonchev–Trinajstić information content (AvgIpc) is 2.30. The molecule has 2 nitrogen and oxygen atoms in total. The number of aromatic nitrogens is 2. The molecule has 0 unspecified atom stereocenters. The van der Waals surface area contributed by atoms with Crippen molar-refractivity contribution < 1.29 is 4.39 Å². The fourth-order valence-electron chi connectivity index (χ4n) is 1.82. The van der Waals surface area contributed by atoms with Crippen molar-refractivity contribution in [2.75, 3.05) is 0 Å². The van der Waals surface area contributed by atoms with Crippen LogP contribution in [0.5, 0.6) is 0 Å². The van der Waals surface area contributed by atoms with E-state index < -0.39 is 0 Å². The zero-order chi connectivity index (χ0) is 14.0. The number of hydrogen-bond donors (Lipinski definition) is 1. The lowest BCUT2D eigenvalue weighted by molar-refractivity contribution is 0.561. The summed E-state index contributed by atoms with van der Waals surface area (Å²) >= 11 is 5.18. The van der Waals surface area contributed by atoms with Crippen LogP contribution in [0, 0.1) is 10.5 Å². The number of hydrogen-bond acceptors (Lipinski definition) is 2. The van der Waals surface area contributed by atoms with E-state index in [2.05, 4.69) is 30.7 Å². The molecule has 1 aromatic carbocycles. The van der Waals surface area contributed by atoms with Gasteiger partial charge >= 0.3 is 0 Å². The van der Waals surface area contributed by atoms with Gasteiger partial charge in [-0.05, 0) is 17.7 Å². The molecule has 0 saturated carbocycles. The normalized spacial score (nSPS) is 11.6. The molecule has 0 aliphatic rings. The van der Waals surface area contributed by atoms with Gasteiger partial charge in [0, 0.05) is 17.5 Å². The second-order valence-electron chi connectivity index (χ2n) is 5.60. The molecule has 2 aromatic rings. The fourth-order valence-corrected chi connectivity index (χ4v) is 2.05. The van der Waals surface area contributed by atoms with Crippen molar-refractivity contribution in [3.8, 4) is 0 Å². The maximum absolute atomic E-state index is 13.6. The van der Waals surface area contributed by atoms with Crippen molar-refractivity contribution >= 4 is 12.2 Å². The molecule has 100 valence electrons. The quantitative estimate of drug-likeness (QED) is 0.834. The van der Waals surface area contributed by atoms with Crippen molar-refractivity contribution in [2.45, 2.75) is 32.6 Å². The third-order valence-corrected chi connectivity index (χ3v) is 3.12. The van der Waals surface area contributed by atoms with Crippen LogP contribution < -0.4 is 0 Å². The van der Waals surface area contributed by atoms with Crippen LogP contribution in [0.25, 0.3) is 0 Å². The van der Waals surface area contributed by atoms with Gasteiger partial charge in [-0.2, -0.15) is 0 Å². The van der Waals surface area contributed by atoms with E-state index in [4.69, 9.17) is 12.2 Å². The van der Waals surface area contributed by atoms with Crippen LogP contribution in [0.2, 0.25) is 0 Å². The molecule has 0 bridgehead atoms. The first kappa shape index (κ1) is 13.9. The molecule has 0 spiro atoms. The zero-order valence-corrected chi connectivity index (χ0v) is 12.1. The SMILES string of the molecule is CC(C)(C)c1cc(=S)nc(Cc2ccccc2F)[nH]1. The van der Waals surface area contributed by atoms with Crippen LogP contribution in [0.1, 0.15) is 37.9 Å². The monoisotopic (exact) mass is 276 g/mol. The molecule has 0 amide bonds. The van der Waals surface area contributed by atoms with Crippen LogP contribution in [0.4, 0.5) is 4.39 Å². The molecule has 19 heavy (non-hydrogen) atoms. The third-order valence-electron chi connectivity index (χ3n) is 2.92. The Bertz CT molecular complexity index is 641. The molecule has 0 radical (unpaired) electrons. The lowest BCUT2D eigenvalue weighted by Gasteiger charge is -2.19. The Balaban J connectivity index is 2.39. The number of rotatable bonds is 2. The Labute approximate surface area is 117 Å². The summed E-state index contributed by atoms with van der Waals surface area (Å²) in [5, 5.41) is 0. The third kappa shape index (κ3) is 3.47. The topological polar surface area (TPSA) is 28.7 Å². The maximum atomic E-state index is 13.6. The highest BCUT2D eigenvalue weighted by Gasteiger charge is 2.15. The Morgan fingerprint density at radius 3 is 2.58 bits per heavy atom. The van der Waals surface area contributed by atoms with E-state index in [-0.39, 0.29) is 11.2 Å². The van der Waals surface area contributed by atoms with Gasteiger partial charge in [0.25, 0.3) is 0 Å². The Morgan fingerprint density at radius 1 is 1.26 bits per heavy atom. The second-order valence-corrected chi connectivity index (χ2v) is 6.02. The van der Waals surface area contributed by atoms with Crippen LogP contribution in [-0.4, -0.2) is 9.97 Å². The summed E-state index contributed by atoms with van der Waals surface area (Å²) in [6.07, 6.45) is 0.417. The summed E-state index contributed by atoms with van der Waals surface area (Å²) < 4.78 is 14.2. The van der Waals surface area contributed by atoms with E-state index in [0.717, 1.165) is 5.69 Å². The standard InChI is InChI=1S/C15H17FN2S/c1-15(2,3)12-9-14(19)18-13(17-12)8-10-6-4-5-7-11(10)16/h4-7,9H,8H2,1-3H3,(H,17,18,19). The first-order valence-corrected chi connectivity index (χ1v) is 6.61. The number of nitrogens with one attached hydrogen (secondary N) is 1. The van der Waals surface area contributed by atoms with Gasteiger partial charge in [0.2, 0.25) is 0 Å². The molecule has 0 aliphatic heterocycles. The largest absolute Gasteiger partial charge is 0.346 e. The number of halogens is 1. The van der Waals surface area contributed by atoms with Gasteiger partial charge in [-0.25, -0.2) is 9.37 Å². The minimum absolute atomic E-state index is 0.0412. The van der Waals surface area contributed by atoms with Crippen LogP contribution in [0.3, 0.4) is 0 Å². The van der Waals surface area contributed by atoms with E-state index in [1.807, 2.05) is 12.1 Å². The Morgan fingerprint density at radius 2 is 1.95 bits per heavy atom. The minimum Gasteiger partial charge on any atom is -0.346 e. The van der Waals surface area contributed by atoms with Crippen molar-refractivity contribution in [1.82, 2.24) is 9.97 Å². The van der Waals surface area contributed by atoms with Crippen molar-refractivity contribution in [2.24, 2.45) is 0 Å². The van der Waals surface area contributed by atoms with Crippen molar-refractivity contribution in [3.63, 3.8) is 0 Å². The van der Waals surface area contributed by atoms with Crippen LogP contribution >= 0.6 is 12.2 Å². The Kier molecular flexibility index (Phi) is 3.80. The van der Waals surface area contributed by atoms with Crippen molar-refractivity contribution in [3.05, 3.63) is 57.9 Å². The molecule has 1 N–H and O–H groups in total. The average molecular weight is 276 g/mol. The lowest BCUT2D eigenvalue weighted by Crippen LogP contribution is -2.15. The molecule has 4 heteroatoms. The first-order valence-electron chi connectivity index (χ1n) is 6.20. The molecule has 2 rings (SSSR count). The van der Waals surface area contributed by atoms with Gasteiger partial charge in [-0.1, -0.05) is 51.2 Å². The van der Waals surface area contributed by atoms with Crippen LogP contribution in [-0.2, 0) is 11.8 Å². The van der Waals surface area contributed by atoms with E-state index in [1.165, 1.54) is 6.07 Å². The van der Waals surface area contributed by atoms with E-state index in [1.54, 1.807) is 12.1 Å². The molecule has 0 aliphatic carbocycles. The maximum Gasteiger partial charge on any atom is 0.130 e. The summed E-state index contributed by atoms with van der Waals surface area (Å²) in [6, 6.07) is 8.58. The van der Waals surface area contributed by atoms with Crippen molar-refractivity contribution in [1.29, 1.82) is 0 Å². The molecular weight excluding hydrogens is 259 g/mol. The van der Waals surface area contributed by atoms with E-state index >= 15 is 0 Å². The fraction of sp³-hybridized carbons (Fsp3) is 0.333. The molecule has 0 saturated heterocycles. The highest BCUT2D eigenvalue weighted by atomic mass is 32.1. The number of benzene rings is 1. The van der Waals surface area contributed by atoms with E-state index in [9.17, 15) is 4.39 Å². The minimum atomic E-state index is -0.218. The number of nitrogens with zero attached hydrogens (tertiary/aromatic N) is 1. The number of aromatic amines is 1. The molecule has 0 fully saturated rings. The highest BCUT2D eigenvalue weighted by Crippen LogP contribution is 2.20. The van der Waals surface area contributed by atoms with Crippen LogP contribution in [0.15, 0.2) is 30.3 Å². The van der Waals surface area contributed by atoms with Gasteiger partial charge in [0.05, 0.1) is 0 Å². The summed E-state index contributed by atoms with van der Waals surface area (Å²) in [5.41, 5.74) is 1.59. The first-order chi connectivity index (χ1) is 8.86. The molecule has 0 atom stereocenters. The summed E-state index contributed by atoms with van der Waals surface area (Å²) in [4.78, 5) is 7.53. The molecule has 1 aromatic heterocycles. The molecular formula is C15H17FN2S. The second kappa shape index (κ2) is 5.21.